The topological polar surface area (TPSA) is 57.4 Å². The number of hydrogen-bond donors (Lipinski definition) is 2. The van der Waals surface area contributed by atoms with Crippen LogP contribution in [-0.2, 0) is 0 Å². The van der Waals surface area contributed by atoms with Crippen LogP contribution in [0.15, 0.2) is 109 Å². The Hall–Kier alpha value is -1.81. The Morgan fingerprint density at radius 3 is 0.597 bits per heavy atom. The monoisotopic (exact) mass is 1530 g/mol. The van der Waals surface area contributed by atoms with E-state index in [9.17, 15) is 0 Å². The van der Waals surface area contributed by atoms with Crippen molar-refractivity contribution in [2.45, 2.75) is 78.6 Å². The van der Waals surface area contributed by atoms with Gasteiger partial charge in [0.05, 0.1) is 55.1 Å². The first-order valence-corrected chi connectivity index (χ1v) is 44.0. The molecule has 7 aromatic rings. The number of H-pyrrole nitrogens is 2. The maximum Gasteiger partial charge on any atom is 0.0776 e. The molecule has 16 heteroatoms. The third-order valence-electron chi connectivity index (χ3n) is 13.4. The van der Waals surface area contributed by atoms with Gasteiger partial charge in [-0.1, -0.05) is 227 Å². The van der Waals surface area contributed by atoms with Crippen molar-refractivity contribution in [2.75, 3.05) is 0 Å². The highest BCUT2D eigenvalue weighted by Gasteiger charge is 2.29. The molecule has 0 atom stereocenters. The average Bonchev–Trinajstić information content (AvgIpc) is 4.10. The molecule has 0 saturated carbocycles. The molecule has 72 heavy (non-hydrogen) atoms. The Kier molecular flexibility index (Phi) is 15.4. The van der Waals surface area contributed by atoms with Gasteiger partial charge in [0.15, 0.2) is 0 Å². The Labute approximate surface area is 495 Å². The average molecular weight is 1530 g/mol. The highest BCUT2D eigenvalue weighted by molar-refractivity contribution is 9.12. The molecule has 2 aliphatic rings. The van der Waals surface area contributed by atoms with Crippen LogP contribution in [0, 0.1) is 0 Å². The molecule has 0 unspecified atom stereocenters. The predicted molar refractivity (Wildman–Crippen MR) is 354 cm³/mol. The number of aromatic nitrogens is 4. The molecule has 4 aromatic carbocycles. The SMILES string of the molecule is C[Si](C)(C)c1cc(Br)c(-c2c3nc(c(-c4c(Br)cc([Si](C)(C)C)cc4Br)c4ccc([nH]4)c(-c4c(Br)cc([Si](C)(C)C)cc4Br)c4nc(c(-c5c(Br)cc([Si](C)(C)C)cc5Br)c5ccc2[nH]5)C=C4)C=C3)c(Br)c1. The van der Waals surface area contributed by atoms with E-state index in [0.717, 1.165) is 125 Å². The number of hydrogen-bond acceptors (Lipinski definition) is 2. The van der Waals surface area contributed by atoms with Crippen LogP contribution in [0.4, 0.5) is 0 Å². The van der Waals surface area contributed by atoms with Crippen LogP contribution in [0.2, 0.25) is 78.6 Å². The molecule has 9 rings (SSSR count). The molecule has 2 aliphatic heterocycles. The van der Waals surface area contributed by atoms with Crippen LogP contribution in [0.25, 0.3) is 90.9 Å². The van der Waals surface area contributed by atoms with E-state index >= 15 is 0 Å². The van der Waals surface area contributed by atoms with Crippen LogP contribution in [-0.4, -0.2) is 52.2 Å². The zero-order valence-electron chi connectivity index (χ0n) is 42.2. The first-order chi connectivity index (χ1) is 33.5. The molecule has 0 aliphatic carbocycles. The summed E-state index contributed by atoms with van der Waals surface area (Å²) in [4.78, 5) is 19.4. The summed E-state index contributed by atoms with van der Waals surface area (Å²) in [5, 5.41) is 5.40. The lowest BCUT2D eigenvalue weighted by Gasteiger charge is -2.20. The van der Waals surface area contributed by atoms with Gasteiger partial charge in [-0.2, -0.15) is 0 Å². The van der Waals surface area contributed by atoms with Gasteiger partial charge in [0.1, 0.15) is 0 Å². The van der Waals surface area contributed by atoms with E-state index in [0.29, 0.717) is 0 Å². The predicted octanol–water partition coefficient (Wildman–Crippen LogP) is 19.6. The molecule has 0 amide bonds. The van der Waals surface area contributed by atoms with E-state index in [1.807, 2.05) is 0 Å². The van der Waals surface area contributed by atoms with Gasteiger partial charge < -0.3 is 9.97 Å². The molecular formula is C56H54Br8N4Si4. The highest BCUT2D eigenvalue weighted by atomic mass is 79.9. The maximum atomic E-state index is 5.69. The summed E-state index contributed by atoms with van der Waals surface area (Å²) >= 11 is 32.9. The Morgan fingerprint density at radius 1 is 0.278 bits per heavy atom. The third-order valence-corrected chi connectivity index (χ3v) is 26.5. The number of nitrogens with zero attached hydrogens (tertiary/aromatic N) is 2. The molecule has 370 valence electrons. The second-order valence-electron chi connectivity index (χ2n) is 22.8. The van der Waals surface area contributed by atoms with E-state index in [1.54, 1.807) is 0 Å². The summed E-state index contributed by atoms with van der Waals surface area (Å²) in [6, 6.07) is 27.2. The summed E-state index contributed by atoms with van der Waals surface area (Å²) in [7, 11) is -6.78. The maximum absolute atomic E-state index is 5.69. The number of nitrogens with one attached hydrogen (secondary N) is 2. The van der Waals surface area contributed by atoms with Crippen molar-refractivity contribution < 1.29 is 0 Å². The normalized spacial score (nSPS) is 13.2. The quantitative estimate of drug-likeness (QED) is 0.149. The fourth-order valence-corrected chi connectivity index (χ4v) is 21.9. The van der Waals surface area contributed by atoms with Crippen LogP contribution in [0.3, 0.4) is 0 Å². The summed E-state index contributed by atoms with van der Waals surface area (Å²) in [5.74, 6) is 0. The lowest BCUT2D eigenvalue weighted by molar-refractivity contribution is 1.30. The zero-order valence-corrected chi connectivity index (χ0v) is 58.8. The summed E-state index contributed by atoms with van der Waals surface area (Å²) in [6.07, 6.45) is 8.67. The Bertz CT molecular complexity index is 3120. The van der Waals surface area contributed by atoms with E-state index in [-0.39, 0.29) is 0 Å². The van der Waals surface area contributed by atoms with E-state index in [4.69, 9.17) is 9.97 Å². The molecule has 8 bridgehead atoms. The molecule has 0 fully saturated rings. The smallest absolute Gasteiger partial charge is 0.0776 e. The lowest BCUT2D eigenvalue weighted by Crippen LogP contribution is -2.37. The van der Waals surface area contributed by atoms with Gasteiger partial charge in [0.2, 0.25) is 0 Å². The first kappa shape index (κ1) is 55.0. The Balaban J connectivity index is 1.52. The summed E-state index contributed by atoms with van der Waals surface area (Å²) < 4.78 is 8.02. The second kappa shape index (κ2) is 20.2. The van der Waals surface area contributed by atoms with E-state index in [1.165, 1.54) is 20.7 Å². The molecule has 0 saturated heterocycles. The number of halogens is 8. The molecule has 0 radical (unpaired) electrons. The standard InChI is InChI=1S/C56H54Br8N4Si4/c1-69(2,3)29-21-33(57)49(34(58)22-29)53-41-13-15-43(65-41)54(50-35(59)23-30(24-36(50)60)70(4,5)6)45-17-19-47(67-45)56(52-39(63)27-32(28-40(52)64)72(10,11)12)48-20-18-46(68-48)55(44-16-14-42(53)66-44)51-37(61)25-31(26-38(51)62)71(7,8)9/h13-28,65,68H,1-12H3. The van der Waals surface area contributed by atoms with Gasteiger partial charge in [0.25, 0.3) is 0 Å². The zero-order chi connectivity index (χ0) is 52.3. The number of aromatic amines is 2. The van der Waals surface area contributed by atoms with Crippen molar-refractivity contribution in [1.82, 2.24) is 19.9 Å². The van der Waals surface area contributed by atoms with E-state index < -0.39 is 32.3 Å². The van der Waals surface area contributed by atoms with Crippen molar-refractivity contribution in [2.24, 2.45) is 0 Å². The molecular weight excluding hydrogens is 1480 g/mol. The lowest BCUT2D eigenvalue weighted by atomic mass is 10.0. The first-order valence-electron chi connectivity index (χ1n) is 23.7. The number of rotatable bonds is 8. The van der Waals surface area contributed by atoms with Crippen molar-refractivity contribution in [3.05, 3.63) is 131 Å². The molecule has 2 N–H and O–H groups in total. The fourth-order valence-electron chi connectivity index (χ4n) is 9.24. The minimum absolute atomic E-state index is 0.836. The van der Waals surface area contributed by atoms with Crippen LogP contribution >= 0.6 is 127 Å². The van der Waals surface area contributed by atoms with Gasteiger partial charge >= 0.3 is 0 Å². The van der Waals surface area contributed by atoms with Crippen LogP contribution < -0.4 is 20.7 Å². The fraction of sp³-hybridized carbons (Fsp3) is 0.214. The summed E-state index contributed by atoms with van der Waals surface area (Å²) in [6.45, 7) is 28.6. The number of benzene rings is 4. The summed E-state index contributed by atoms with van der Waals surface area (Å²) in [5.41, 5.74) is 15.0. The molecule has 3 aromatic heterocycles. The minimum Gasteiger partial charge on any atom is -0.354 e. The van der Waals surface area contributed by atoms with Gasteiger partial charge in [-0.3, -0.25) is 0 Å². The molecule has 0 spiro atoms. The van der Waals surface area contributed by atoms with Gasteiger partial charge in [0, 0.05) is 102 Å². The Morgan fingerprint density at radius 2 is 0.444 bits per heavy atom. The van der Waals surface area contributed by atoms with Gasteiger partial charge in [-0.05, 0) is 97.1 Å². The minimum atomic E-state index is -1.70. The number of fused-ring (bicyclic) bond motifs is 8. The molecule has 5 heterocycles. The third kappa shape index (κ3) is 10.6. The van der Waals surface area contributed by atoms with Crippen LogP contribution in [0.1, 0.15) is 22.8 Å². The van der Waals surface area contributed by atoms with Crippen LogP contribution in [0.5, 0.6) is 0 Å². The van der Waals surface area contributed by atoms with Gasteiger partial charge in [-0.25, -0.2) is 9.97 Å². The van der Waals surface area contributed by atoms with Crippen molar-refractivity contribution in [1.29, 1.82) is 0 Å². The molecule has 4 nitrogen and oxygen atoms in total. The van der Waals surface area contributed by atoms with Crippen molar-refractivity contribution >= 4 is 227 Å². The van der Waals surface area contributed by atoms with Crippen molar-refractivity contribution in [3.63, 3.8) is 0 Å². The highest BCUT2D eigenvalue weighted by Crippen LogP contribution is 2.47. The van der Waals surface area contributed by atoms with Gasteiger partial charge in [-0.15, -0.1) is 0 Å². The van der Waals surface area contributed by atoms with Crippen molar-refractivity contribution in [3.8, 4) is 44.5 Å². The second-order valence-corrected chi connectivity index (χ2v) is 49.9. The van der Waals surface area contributed by atoms with E-state index in [2.05, 4.69) is 313 Å². The largest absolute Gasteiger partial charge is 0.354 e.